The van der Waals surface area contributed by atoms with Crippen LogP contribution in [0.25, 0.3) is 0 Å². The number of amides is 1. The van der Waals surface area contributed by atoms with Crippen LogP contribution in [-0.4, -0.2) is 55.0 Å². The topological polar surface area (TPSA) is 49.6 Å². The predicted octanol–water partition coefficient (Wildman–Crippen LogP) is 1.70. The molecule has 0 aromatic heterocycles. The van der Waals surface area contributed by atoms with Crippen LogP contribution >= 0.6 is 0 Å². The van der Waals surface area contributed by atoms with Crippen molar-refractivity contribution in [2.75, 3.05) is 33.2 Å². The fourth-order valence-electron chi connectivity index (χ4n) is 2.76. The summed E-state index contributed by atoms with van der Waals surface area (Å²) in [5, 5.41) is 0. The van der Waals surface area contributed by atoms with E-state index in [1.54, 1.807) is 0 Å². The van der Waals surface area contributed by atoms with Crippen molar-refractivity contribution < 1.29 is 4.79 Å². The van der Waals surface area contributed by atoms with Crippen molar-refractivity contribution >= 4 is 5.91 Å². The van der Waals surface area contributed by atoms with E-state index in [0.29, 0.717) is 6.54 Å². The maximum Gasteiger partial charge on any atom is 0.254 e. The van der Waals surface area contributed by atoms with E-state index in [2.05, 4.69) is 44.9 Å². The van der Waals surface area contributed by atoms with E-state index in [1.807, 2.05) is 17.0 Å². The van der Waals surface area contributed by atoms with Crippen LogP contribution in [0.15, 0.2) is 24.3 Å². The van der Waals surface area contributed by atoms with Gasteiger partial charge in [-0.2, -0.15) is 0 Å². The zero-order valence-electron chi connectivity index (χ0n) is 13.6. The Labute approximate surface area is 127 Å². The molecule has 1 heterocycles. The van der Waals surface area contributed by atoms with E-state index in [1.165, 1.54) is 5.56 Å². The predicted molar refractivity (Wildman–Crippen MR) is 86.5 cm³/mol. The van der Waals surface area contributed by atoms with Gasteiger partial charge in [0.15, 0.2) is 0 Å². The Morgan fingerprint density at radius 1 is 1.24 bits per heavy atom. The van der Waals surface area contributed by atoms with E-state index in [0.717, 1.165) is 25.2 Å². The molecule has 2 N–H and O–H groups in total. The van der Waals surface area contributed by atoms with Crippen LogP contribution in [0.3, 0.4) is 0 Å². The van der Waals surface area contributed by atoms with Gasteiger partial charge in [-0.1, -0.05) is 32.9 Å². The van der Waals surface area contributed by atoms with E-state index < -0.39 is 0 Å². The highest BCUT2D eigenvalue weighted by Crippen LogP contribution is 2.23. The molecule has 116 valence electrons. The molecule has 1 aromatic carbocycles. The molecule has 1 fully saturated rings. The van der Waals surface area contributed by atoms with Crippen molar-refractivity contribution in [1.82, 2.24) is 9.80 Å². The van der Waals surface area contributed by atoms with E-state index >= 15 is 0 Å². The van der Waals surface area contributed by atoms with E-state index in [9.17, 15) is 4.79 Å². The van der Waals surface area contributed by atoms with Crippen molar-refractivity contribution in [3.05, 3.63) is 35.4 Å². The first-order valence-electron chi connectivity index (χ1n) is 7.63. The Kier molecular flexibility index (Phi) is 4.69. The molecule has 1 aliphatic rings. The third kappa shape index (κ3) is 3.63. The monoisotopic (exact) mass is 289 g/mol. The second kappa shape index (κ2) is 6.16. The van der Waals surface area contributed by atoms with Gasteiger partial charge in [0.1, 0.15) is 0 Å². The number of carbonyl (C=O) groups excluding carboxylic acids is 1. The smallest absolute Gasteiger partial charge is 0.254 e. The summed E-state index contributed by atoms with van der Waals surface area (Å²) in [6, 6.07) is 8.10. The number of hydrogen-bond donors (Lipinski definition) is 1. The van der Waals surface area contributed by atoms with E-state index in [4.69, 9.17) is 5.73 Å². The number of nitrogens with zero attached hydrogens (tertiary/aromatic N) is 2. The van der Waals surface area contributed by atoms with Gasteiger partial charge in [0, 0.05) is 31.7 Å². The molecular formula is C17H27N3O. The molecule has 0 spiro atoms. The van der Waals surface area contributed by atoms with Crippen molar-refractivity contribution in [3.8, 4) is 0 Å². The van der Waals surface area contributed by atoms with Crippen molar-refractivity contribution in [2.24, 2.45) is 5.73 Å². The third-order valence-electron chi connectivity index (χ3n) is 4.22. The molecule has 4 heteroatoms. The van der Waals surface area contributed by atoms with Crippen LogP contribution in [0.2, 0.25) is 0 Å². The molecule has 1 aromatic rings. The summed E-state index contributed by atoms with van der Waals surface area (Å²) in [5.74, 6) is 0.0963. The molecule has 0 saturated carbocycles. The van der Waals surface area contributed by atoms with Gasteiger partial charge in [-0.05, 0) is 30.2 Å². The molecule has 0 bridgehead atoms. The second-order valence-corrected chi connectivity index (χ2v) is 6.98. The lowest BCUT2D eigenvalue weighted by molar-refractivity contribution is 0.0516. The van der Waals surface area contributed by atoms with Gasteiger partial charge in [-0.15, -0.1) is 0 Å². The normalized spacial score (nSPS) is 20.6. The zero-order chi connectivity index (χ0) is 15.6. The number of hydrogen-bond acceptors (Lipinski definition) is 3. The average Bonchev–Trinajstić information content (AvgIpc) is 2.45. The largest absolute Gasteiger partial charge is 0.332 e. The minimum atomic E-state index is 0.0963. The van der Waals surface area contributed by atoms with Gasteiger partial charge < -0.3 is 15.5 Å². The van der Waals surface area contributed by atoms with Crippen molar-refractivity contribution in [2.45, 2.75) is 32.2 Å². The summed E-state index contributed by atoms with van der Waals surface area (Å²) in [7, 11) is 2.07. The minimum absolute atomic E-state index is 0.0963. The summed E-state index contributed by atoms with van der Waals surface area (Å²) < 4.78 is 0. The highest BCUT2D eigenvalue weighted by Gasteiger charge is 2.28. The molecule has 21 heavy (non-hydrogen) atoms. The highest BCUT2D eigenvalue weighted by atomic mass is 16.2. The number of benzene rings is 1. The molecule has 1 aliphatic heterocycles. The summed E-state index contributed by atoms with van der Waals surface area (Å²) in [4.78, 5) is 16.8. The zero-order valence-corrected chi connectivity index (χ0v) is 13.6. The number of piperazine rings is 1. The van der Waals surface area contributed by atoms with Crippen LogP contribution in [0.5, 0.6) is 0 Å². The lowest BCUT2D eigenvalue weighted by Gasteiger charge is -2.39. The van der Waals surface area contributed by atoms with Gasteiger partial charge in [-0.3, -0.25) is 4.79 Å². The van der Waals surface area contributed by atoms with Crippen molar-refractivity contribution in [3.63, 3.8) is 0 Å². The van der Waals surface area contributed by atoms with Gasteiger partial charge >= 0.3 is 0 Å². The van der Waals surface area contributed by atoms with Crippen LogP contribution in [0.4, 0.5) is 0 Å². The maximum atomic E-state index is 12.7. The molecule has 2 rings (SSSR count). The molecule has 1 amide bonds. The summed E-state index contributed by atoms with van der Waals surface area (Å²) in [6.45, 7) is 9.54. The minimum Gasteiger partial charge on any atom is -0.332 e. The van der Waals surface area contributed by atoms with Gasteiger partial charge in [-0.25, -0.2) is 0 Å². The Balaban J connectivity index is 2.16. The fraction of sp³-hybridized carbons (Fsp3) is 0.588. The summed E-state index contributed by atoms with van der Waals surface area (Å²) in [6.07, 6.45) is 0. The molecule has 4 nitrogen and oxygen atoms in total. The quantitative estimate of drug-likeness (QED) is 0.901. The lowest BCUT2D eigenvalue weighted by atomic mass is 9.86. The van der Waals surface area contributed by atoms with Gasteiger partial charge in [0.2, 0.25) is 0 Å². The molecule has 0 aliphatic carbocycles. The van der Waals surface area contributed by atoms with Crippen LogP contribution in [-0.2, 0) is 5.41 Å². The lowest BCUT2D eigenvalue weighted by Crippen LogP contribution is -2.56. The molecule has 1 saturated heterocycles. The van der Waals surface area contributed by atoms with Crippen LogP contribution < -0.4 is 5.73 Å². The Morgan fingerprint density at radius 2 is 1.86 bits per heavy atom. The first kappa shape index (κ1) is 16.0. The molecular weight excluding hydrogens is 262 g/mol. The Morgan fingerprint density at radius 3 is 2.38 bits per heavy atom. The highest BCUT2D eigenvalue weighted by molar-refractivity contribution is 5.94. The summed E-state index contributed by atoms with van der Waals surface area (Å²) in [5.41, 5.74) is 7.94. The van der Waals surface area contributed by atoms with Crippen LogP contribution in [0, 0.1) is 0 Å². The standard InChI is InChI=1S/C17H27N3O/c1-17(2,3)14-7-5-13(6-8-14)16(21)20-10-9-19(4)12-15(20)11-18/h5-8,15H,9-12,18H2,1-4H3. The SMILES string of the molecule is CN1CCN(C(=O)c2ccc(C(C)(C)C)cc2)C(CN)C1. The number of likely N-dealkylation sites (N-methyl/N-ethyl adjacent to an activating group) is 1. The first-order valence-corrected chi connectivity index (χ1v) is 7.63. The Hall–Kier alpha value is -1.39. The van der Waals surface area contributed by atoms with Gasteiger partial charge in [0.25, 0.3) is 5.91 Å². The molecule has 0 radical (unpaired) electrons. The number of rotatable bonds is 2. The molecule has 1 atom stereocenters. The van der Waals surface area contributed by atoms with E-state index in [-0.39, 0.29) is 17.4 Å². The molecule has 1 unspecified atom stereocenters. The number of nitrogens with two attached hydrogens (primary N) is 1. The average molecular weight is 289 g/mol. The third-order valence-corrected chi connectivity index (χ3v) is 4.22. The maximum absolute atomic E-state index is 12.7. The Bertz CT molecular complexity index is 490. The fourth-order valence-corrected chi connectivity index (χ4v) is 2.76. The summed E-state index contributed by atoms with van der Waals surface area (Å²) >= 11 is 0. The van der Waals surface area contributed by atoms with Crippen LogP contribution in [0.1, 0.15) is 36.7 Å². The van der Waals surface area contributed by atoms with Gasteiger partial charge in [0.05, 0.1) is 6.04 Å². The second-order valence-electron chi connectivity index (χ2n) is 6.98. The number of carbonyl (C=O) groups is 1. The first-order chi connectivity index (χ1) is 9.82. The van der Waals surface area contributed by atoms with Crippen molar-refractivity contribution in [1.29, 1.82) is 0 Å².